The predicted octanol–water partition coefficient (Wildman–Crippen LogP) is 12.4. The monoisotopic (exact) mass is 808 g/mol. The van der Waals surface area contributed by atoms with Gasteiger partial charge in [-0.3, -0.25) is 9.97 Å². The van der Waals surface area contributed by atoms with Crippen molar-refractivity contribution in [1.82, 2.24) is 9.97 Å². The van der Waals surface area contributed by atoms with E-state index in [1.165, 1.54) is 21.6 Å². The third-order valence-corrected chi connectivity index (χ3v) is 13.1. The van der Waals surface area contributed by atoms with Crippen LogP contribution in [0.3, 0.4) is 0 Å². The summed E-state index contributed by atoms with van der Waals surface area (Å²) in [6.45, 7) is -0.136. The van der Waals surface area contributed by atoms with E-state index in [0.29, 0.717) is 0 Å². The number of nitrogens with zero attached hydrogens (tertiary/aromatic N) is 4. The topological polar surface area (TPSA) is 50.7 Å². The van der Waals surface area contributed by atoms with E-state index in [-0.39, 0.29) is 18.5 Å². The molecule has 6 nitrogen and oxygen atoms in total. The summed E-state index contributed by atoms with van der Waals surface area (Å²) in [4.78, 5) is 13.6. The van der Waals surface area contributed by atoms with Crippen LogP contribution >= 0.6 is 0 Å². The second kappa shape index (κ2) is 14.2. The molecule has 2 unspecified atom stereocenters. The van der Waals surface area contributed by atoms with Crippen LogP contribution in [-0.2, 0) is 0 Å². The Morgan fingerprint density at radius 1 is 0.444 bits per heavy atom. The molecule has 2 aliphatic carbocycles. The van der Waals surface area contributed by atoms with Crippen molar-refractivity contribution < 1.29 is 9.47 Å². The molecule has 0 amide bonds. The number of rotatable bonds is 6. The molecule has 0 fully saturated rings. The van der Waals surface area contributed by atoms with Crippen LogP contribution in [0.4, 0.5) is 28.4 Å². The number of allylic oxidation sites excluding steroid dienone is 6. The molecule has 0 saturated heterocycles. The van der Waals surface area contributed by atoms with Crippen LogP contribution in [0.2, 0.25) is 0 Å². The first-order valence-corrected chi connectivity index (χ1v) is 21.5. The average molecular weight is 809 g/mol. The molecular weight excluding hydrogens is 771 g/mol. The Hall–Kier alpha value is -8.16. The average Bonchev–Trinajstić information content (AvgIpc) is 3.35. The van der Waals surface area contributed by atoms with E-state index >= 15 is 0 Å². The zero-order chi connectivity index (χ0) is 41.4. The highest BCUT2D eigenvalue weighted by atomic mass is 16.5. The maximum absolute atomic E-state index is 7.13. The van der Waals surface area contributed by atoms with Gasteiger partial charge in [0, 0.05) is 87.5 Å². The van der Waals surface area contributed by atoms with E-state index in [0.717, 1.165) is 84.2 Å². The Morgan fingerprint density at radius 2 is 0.984 bits per heavy atom. The minimum Gasteiger partial charge on any atom is -0.459 e. The molecule has 296 valence electrons. The summed E-state index contributed by atoms with van der Waals surface area (Å²) in [6, 6.07) is 55.9. The standard InChI is InChI=1S/C56H37BN4O2/c1-3-16-40-36(12-1)14-9-22-46(40)60(38-26-30-58-31-27-38)48-34-52-54(44-20-7-5-18-42(44)48)57-55-45-21-8-6-19-43(45)49(35-53(55)63-51-25-11-24-50(62-52)56(51)57)61(39-28-32-59-33-29-39)47-23-10-15-37-13-2-4-17-41(37)47/h1-35,42,44H. The summed E-state index contributed by atoms with van der Waals surface area (Å²) >= 11 is 0. The van der Waals surface area contributed by atoms with Crippen LogP contribution in [0.25, 0.3) is 32.3 Å². The number of anilines is 5. The SMILES string of the molecule is C1=CC2C(N(c3ccncc3)c3cccc4ccccc34)=CC3=C(B4c5c(cccc5Oc5cc(N(c6ccncc6)c6cccc7ccccc67)c6ccccc6c54)O3)C2C=C1. The fraction of sp³-hybridized carbons (Fsp3) is 0.0357. The second-order valence-electron chi connectivity index (χ2n) is 16.4. The highest BCUT2D eigenvalue weighted by Gasteiger charge is 2.49. The number of pyridine rings is 2. The molecule has 0 saturated carbocycles. The molecule has 7 heteroatoms. The first kappa shape index (κ1) is 35.6. The first-order chi connectivity index (χ1) is 31.3. The molecule has 0 bridgehead atoms. The quantitative estimate of drug-likeness (QED) is 0.156. The van der Waals surface area contributed by atoms with Gasteiger partial charge in [-0.1, -0.05) is 127 Å². The first-order valence-electron chi connectivity index (χ1n) is 21.5. The van der Waals surface area contributed by atoms with Gasteiger partial charge < -0.3 is 19.3 Å². The maximum atomic E-state index is 7.13. The minimum atomic E-state index is -0.136. The Morgan fingerprint density at radius 3 is 1.67 bits per heavy atom. The van der Waals surface area contributed by atoms with Crippen molar-refractivity contribution >= 4 is 78.4 Å². The summed E-state index contributed by atoms with van der Waals surface area (Å²) in [5.41, 5.74) is 9.85. The third kappa shape index (κ3) is 5.53. The predicted molar refractivity (Wildman–Crippen MR) is 257 cm³/mol. The van der Waals surface area contributed by atoms with Gasteiger partial charge in [0.25, 0.3) is 6.71 Å². The Labute approximate surface area is 365 Å². The van der Waals surface area contributed by atoms with Gasteiger partial charge in [-0.25, -0.2) is 0 Å². The van der Waals surface area contributed by atoms with Crippen molar-refractivity contribution in [3.8, 4) is 17.2 Å². The summed E-state index contributed by atoms with van der Waals surface area (Å²) < 4.78 is 14.2. The van der Waals surface area contributed by atoms with Crippen LogP contribution in [0.5, 0.6) is 17.2 Å². The Balaban J connectivity index is 1.06. The fourth-order valence-corrected chi connectivity index (χ4v) is 10.5. The van der Waals surface area contributed by atoms with Gasteiger partial charge in [0.15, 0.2) is 0 Å². The van der Waals surface area contributed by atoms with Gasteiger partial charge in [-0.05, 0) is 75.6 Å². The van der Waals surface area contributed by atoms with E-state index in [2.05, 4.69) is 202 Å². The van der Waals surface area contributed by atoms with E-state index in [1.54, 1.807) is 0 Å². The summed E-state index contributed by atoms with van der Waals surface area (Å²) in [5.74, 6) is 3.33. The molecular formula is C56H37BN4O2. The van der Waals surface area contributed by atoms with Crippen molar-refractivity contribution in [1.29, 1.82) is 0 Å². The molecule has 9 aromatic rings. The Bertz CT molecular complexity index is 3440. The van der Waals surface area contributed by atoms with Gasteiger partial charge in [0.2, 0.25) is 0 Å². The van der Waals surface area contributed by atoms with Crippen LogP contribution in [0.15, 0.2) is 230 Å². The van der Waals surface area contributed by atoms with Crippen molar-refractivity contribution in [2.24, 2.45) is 11.8 Å². The zero-order valence-electron chi connectivity index (χ0n) is 34.0. The molecule has 2 aromatic heterocycles. The molecule has 0 radical (unpaired) electrons. The molecule has 2 atom stereocenters. The summed E-state index contributed by atoms with van der Waals surface area (Å²) in [6.07, 6.45) is 18.9. The number of fused-ring (bicyclic) bond motifs is 9. The van der Waals surface area contributed by atoms with E-state index < -0.39 is 0 Å². The van der Waals surface area contributed by atoms with Crippen LogP contribution in [-0.4, -0.2) is 16.7 Å². The smallest absolute Gasteiger partial charge is 0.257 e. The van der Waals surface area contributed by atoms with Crippen molar-refractivity contribution in [3.63, 3.8) is 0 Å². The van der Waals surface area contributed by atoms with E-state index in [1.807, 2.05) is 30.9 Å². The lowest BCUT2D eigenvalue weighted by molar-refractivity contribution is 0.411. The molecule has 7 aromatic carbocycles. The van der Waals surface area contributed by atoms with Crippen molar-refractivity contribution in [3.05, 3.63) is 230 Å². The van der Waals surface area contributed by atoms with Crippen LogP contribution < -0.4 is 30.2 Å². The fourth-order valence-electron chi connectivity index (χ4n) is 10.5. The molecule has 0 N–H and O–H groups in total. The number of hydrogen-bond donors (Lipinski definition) is 0. The highest BCUT2D eigenvalue weighted by molar-refractivity contribution is 6.95. The van der Waals surface area contributed by atoms with Gasteiger partial charge in [-0.2, -0.15) is 0 Å². The van der Waals surface area contributed by atoms with Crippen LogP contribution in [0, 0.1) is 11.8 Å². The number of ether oxygens (including phenoxy) is 2. The van der Waals surface area contributed by atoms with E-state index in [9.17, 15) is 0 Å². The van der Waals surface area contributed by atoms with Gasteiger partial charge in [0.1, 0.15) is 23.0 Å². The van der Waals surface area contributed by atoms with Gasteiger partial charge >= 0.3 is 0 Å². The number of hydrogen-bond acceptors (Lipinski definition) is 6. The second-order valence-corrected chi connectivity index (χ2v) is 16.4. The van der Waals surface area contributed by atoms with Crippen LogP contribution in [0.1, 0.15) is 0 Å². The lowest BCUT2D eigenvalue weighted by Gasteiger charge is -2.44. The summed E-state index contributed by atoms with van der Waals surface area (Å²) in [7, 11) is 0. The molecule has 0 spiro atoms. The normalized spacial score (nSPS) is 16.7. The maximum Gasteiger partial charge on any atom is 0.257 e. The lowest BCUT2D eigenvalue weighted by Crippen LogP contribution is -2.54. The minimum absolute atomic E-state index is 0.00331. The largest absolute Gasteiger partial charge is 0.459 e. The van der Waals surface area contributed by atoms with Crippen molar-refractivity contribution in [2.45, 2.75) is 0 Å². The third-order valence-electron chi connectivity index (χ3n) is 13.1. The van der Waals surface area contributed by atoms with Gasteiger partial charge in [0.05, 0.1) is 17.1 Å². The van der Waals surface area contributed by atoms with E-state index in [4.69, 9.17) is 9.47 Å². The summed E-state index contributed by atoms with van der Waals surface area (Å²) in [5, 5.41) is 6.96. The lowest BCUT2D eigenvalue weighted by atomic mass is 9.31. The van der Waals surface area contributed by atoms with Gasteiger partial charge in [-0.15, -0.1) is 0 Å². The number of aromatic nitrogens is 2. The molecule has 2 aliphatic heterocycles. The highest BCUT2D eigenvalue weighted by Crippen LogP contribution is 2.51. The van der Waals surface area contributed by atoms with Crippen molar-refractivity contribution in [2.75, 3.05) is 9.80 Å². The molecule has 4 aliphatic rings. The molecule has 63 heavy (non-hydrogen) atoms. The zero-order valence-corrected chi connectivity index (χ0v) is 34.0. The number of benzene rings is 7. The molecule has 13 rings (SSSR count). The molecule has 4 heterocycles. The Kier molecular flexibility index (Phi) is 8.03.